The fourth-order valence-electron chi connectivity index (χ4n) is 2.66. The summed E-state index contributed by atoms with van der Waals surface area (Å²) in [7, 11) is 1.58. The molecule has 0 saturated heterocycles. The average molecular weight is 404 g/mol. The molecule has 0 bridgehead atoms. The monoisotopic (exact) mass is 404 g/mol. The van der Waals surface area contributed by atoms with Crippen LogP contribution in [0.15, 0.2) is 84.0 Å². The zero-order chi connectivity index (χ0) is 21.0. The highest BCUT2D eigenvalue weighted by molar-refractivity contribution is 5.81. The molecule has 6 nitrogen and oxygen atoms in total. The molecule has 30 heavy (non-hydrogen) atoms. The van der Waals surface area contributed by atoms with Gasteiger partial charge in [0.05, 0.1) is 13.3 Å². The van der Waals surface area contributed by atoms with E-state index in [1.54, 1.807) is 13.2 Å². The van der Waals surface area contributed by atoms with Gasteiger partial charge >= 0.3 is 0 Å². The molecular weight excluding hydrogens is 380 g/mol. The number of amides is 1. The third-order valence-electron chi connectivity index (χ3n) is 4.23. The third-order valence-corrected chi connectivity index (χ3v) is 4.23. The number of nitrogens with one attached hydrogen (secondary N) is 1. The topological polar surface area (TPSA) is 69.2 Å². The van der Waals surface area contributed by atoms with Crippen molar-refractivity contribution in [3.63, 3.8) is 0 Å². The Bertz CT molecular complexity index is 959. The van der Waals surface area contributed by atoms with Gasteiger partial charge in [-0.3, -0.25) is 4.79 Å². The Labute approximate surface area is 176 Å². The van der Waals surface area contributed by atoms with Crippen LogP contribution in [0.4, 0.5) is 0 Å². The number of hydrogen-bond donors (Lipinski definition) is 1. The second kappa shape index (κ2) is 11.3. The van der Waals surface area contributed by atoms with Crippen LogP contribution < -0.4 is 14.8 Å². The summed E-state index contributed by atoms with van der Waals surface area (Å²) >= 11 is 0. The lowest BCUT2D eigenvalue weighted by Crippen LogP contribution is -2.26. The number of ether oxygens (including phenoxy) is 2. The Morgan fingerprint density at radius 2 is 1.63 bits per heavy atom. The number of carbonyl (C=O) groups excluding carboxylic acids is 1. The molecule has 154 valence electrons. The Hall–Kier alpha value is -3.80. The zero-order valence-electron chi connectivity index (χ0n) is 16.8. The first-order valence-corrected chi connectivity index (χ1v) is 9.55. The van der Waals surface area contributed by atoms with Crippen molar-refractivity contribution < 1.29 is 19.1 Å². The van der Waals surface area contributed by atoms with E-state index in [1.165, 1.54) is 6.21 Å². The number of carbonyl (C=O) groups is 1. The summed E-state index contributed by atoms with van der Waals surface area (Å²) in [4.78, 5) is 16.9. The van der Waals surface area contributed by atoms with Crippen molar-refractivity contribution in [2.24, 2.45) is 5.16 Å². The highest BCUT2D eigenvalue weighted by Gasteiger charge is 2.06. The zero-order valence-corrected chi connectivity index (χ0v) is 16.8. The Morgan fingerprint density at radius 1 is 0.933 bits per heavy atom. The van der Waals surface area contributed by atoms with Gasteiger partial charge in [0.25, 0.3) is 5.91 Å². The van der Waals surface area contributed by atoms with Crippen molar-refractivity contribution >= 4 is 12.1 Å². The minimum atomic E-state index is -0.238. The lowest BCUT2D eigenvalue weighted by atomic mass is 10.2. The van der Waals surface area contributed by atoms with Crippen LogP contribution in [0.3, 0.4) is 0 Å². The van der Waals surface area contributed by atoms with E-state index in [4.69, 9.17) is 14.3 Å². The number of nitrogens with zero attached hydrogens (tertiary/aromatic N) is 1. The standard InChI is InChI=1S/C24H24N2O4/c1-28-23-14-21(12-13-22(23)29-17-20-10-6-3-7-11-20)16-26-30-18-24(27)25-15-19-8-4-2-5-9-19/h2-14,16H,15,17-18H2,1H3,(H,25,27). The molecule has 1 N–H and O–H groups in total. The van der Waals surface area contributed by atoms with E-state index in [0.29, 0.717) is 24.7 Å². The second-order valence-corrected chi connectivity index (χ2v) is 6.45. The number of methoxy groups -OCH3 is 1. The molecule has 3 rings (SSSR count). The van der Waals surface area contributed by atoms with Gasteiger partial charge in [-0.05, 0) is 29.3 Å². The fraction of sp³-hybridized carbons (Fsp3) is 0.167. The predicted molar refractivity (Wildman–Crippen MR) is 116 cm³/mol. The molecule has 0 aliphatic heterocycles. The Balaban J connectivity index is 1.46. The van der Waals surface area contributed by atoms with Gasteiger partial charge in [0, 0.05) is 12.1 Å². The molecule has 3 aromatic rings. The molecule has 0 atom stereocenters. The number of hydrogen-bond acceptors (Lipinski definition) is 5. The summed E-state index contributed by atoms with van der Waals surface area (Å²) in [5.74, 6) is 0.994. The molecule has 0 aliphatic rings. The van der Waals surface area contributed by atoms with Crippen LogP contribution in [0.25, 0.3) is 0 Å². The van der Waals surface area contributed by atoms with Crippen molar-refractivity contribution in [2.75, 3.05) is 13.7 Å². The van der Waals surface area contributed by atoms with Gasteiger partial charge < -0.3 is 19.6 Å². The minimum absolute atomic E-state index is 0.154. The average Bonchev–Trinajstić information content (AvgIpc) is 2.80. The summed E-state index contributed by atoms with van der Waals surface area (Å²) in [5, 5.41) is 6.63. The van der Waals surface area contributed by atoms with E-state index >= 15 is 0 Å². The number of rotatable bonds is 10. The number of benzene rings is 3. The quantitative estimate of drug-likeness (QED) is 0.410. The summed E-state index contributed by atoms with van der Waals surface area (Å²) in [6.07, 6.45) is 1.52. The van der Waals surface area contributed by atoms with Crippen molar-refractivity contribution in [1.29, 1.82) is 0 Å². The SMILES string of the molecule is COc1cc(C=NOCC(=O)NCc2ccccc2)ccc1OCc1ccccc1. The maximum Gasteiger partial charge on any atom is 0.261 e. The highest BCUT2D eigenvalue weighted by atomic mass is 16.6. The summed E-state index contributed by atoms with van der Waals surface area (Å²) in [5.41, 5.74) is 2.86. The first-order chi connectivity index (χ1) is 14.7. The molecule has 3 aromatic carbocycles. The van der Waals surface area contributed by atoms with Gasteiger partial charge in [-0.2, -0.15) is 0 Å². The maximum absolute atomic E-state index is 11.8. The van der Waals surface area contributed by atoms with E-state index in [9.17, 15) is 4.79 Å². The molecule has 1 amide bonds. The third kappa shape index (κ3) is 6.67. The molecule has 0 aromatic heterocycles. The van der Waals surface area contributed by atoms with Crippen molar-refractivity contribution in [3.05, 3.63) is 95.6 Å². The van der Waals surface area contributed by atoms with E-state index in [-0.39, 0.29) is 12.5 Å². The van der Waals surface area contributed by atoms with Crippen LogP contribution in [-0.2, 0) is 22.8 Å². The predicted octanol–water partition coefficient (Wildman–Crippen LogP) is 3.94. The van der Waals surface area contributed by atoms with Gasteiger partial charge in [-0.1, -0.05) is 65.8 Å². The molecule has 0 radical (unpaired) electrons. The van der Waals surface area contributed by atoms with Crippen LogP contribution in [0.1, 0.15) is 16.7 Å². The molecular formula is C24H24N2O4. The van der Waals surface area contributed by atoms with Crippen LogP contribution in [-0.4, -0.2) is 25.8 Å². The minimum Gasteiger partial charge on any atom is -0.493 e. The van der Waals surface area contributed by atoms with Crippen LogP contribution in [0.2, 0.25) is 0 Å². The van der Waals surface area contributed by atoms with E-state index < -0.39 is 0 Å². The maximum atomic E-state index is 11.8. The normalized spacial score (nSPS) is 10.6. The summed E-state index contributed by atoms with van der Waals surface area (Å²) in [6.45, 7) is 0.749. The van der Waals surface area contributed by atoms with Gasteiger partial charge in [-0.15, -0.1) is 0 Å². The Kier molecular flexibility index (Phi) is 7.85. The van der Waals surface area contributed by atoms with Crippen LogP contribution in [0, 0.1) is 0 Å². The molecule has 0 saturated carbocycles. The summed E-state index contributed by atoms with van der Waals surface area (Å²) < 4.78 is 11.2. The van der Waals surface area contributed by atoms with Crippen molar-refractivity contribution in [1.82, 2.24) is 5.32 Å². The van der Waals surface area contributed by atoms with Crippen LogP contribution >= 0.6 is 0 Å². The fourth-order valence-corrected chi connectivity index (χ4v) is 2.66. The van der Waals surface area contributed by atoms with Gasteiger partial charge in [0.2, 0.25) is 0 Å². The Morgan fingerprint density at radius 3 is 2.33 bits per heavy atom. The van der Waals surface area contributed by atoms with Gasteiger partial charge in [-0.25, -0.2) is 0 Å². The lowest BCUT2D eigenvalue weighted by Gasteiger charge is -2.11. The van der Waals surface area contributed by atoms with Crippen molar-refractivity contribution in [3.8, 4) is 11.5 Å². The number of oxime groups is 1. The van der Waals surface area contributed by atoms with E-state index in [2.05, 4.69) is 10.5 Å². The van der Waals surface area contributed by atoms with Gasteiger partial charge in [0.1, 0.15) is 6.61 Å². The molecule has 0 spiro atoms. The second-order valence-electron chi connectivity index (χ2n) is 6.45. The van der Waals surface area contributed by atoms with E-state index in [0.717, 1.165) is 16.7 Å². The molecule has 0 unspecified atom stereocenters. The van der Waals surface area contributed by atoms with Crippen LogP contribution in [0.5, 0.6) is 11.5 Å². The highest BCUT2D eigenvalue weighted by Crippen LogP contribution is 2.28. The van der Waals surface area contributed by atoms with E-state index in [1.807, 2.05) is 72.8 Å². The van der Waals surface area contributed by atoms with Gasteiger partial charge in [0.15, 0.2) is 18.1 Å². The summed E-state index contributed by atoms with van der Waals surface area (Å²) in [6, 6.07) is 25.0. The molecule has 0 fully saturated rings. The first kappa shape index (κ1) is 20.9. The first-order valence-electron chi connectivity index (χ1n) is 9.55. The lowest BCUT2D eigenvalue weighted by molar-refractivity contribution is -0.125. The molecule has 6 heteroatoms. The largest absolute Gasteiger partial charge is 0.493 e. The smallest absolute Gasteiger partial charge is 0.261 e. The van der Waals surface area contributed by atoms with Crippen molar-refractivity contribution in [2.45, 2.75) is 13.2 Å². The molecule has 0 aliphatic carbocycles. The molecule has 0 heterocycles.